The van der Waals surface area contributed by atoms with E-state index in [0.29, 0.717) is 16.3 Å². The third-order valence-electron chi connectivity index (χ3n) is 5.62. The second-order valence-electron chi connectivity index (χ2n) is 7.65. The number of nitrogens with one attached hydrogen (secondary N) is 1. The van der Waals surface area contributed by atoms with Crippen LogP contribution in [0.25, 0.3) is 0 Å². The molecule has 1 aliphatic rings. The summed E-state index contributed by atoms with van der Waals surface area (Å²) in [5.74, 6) is 0.341. The number of thiophene rings is 1. The van der Waals surface area contributed by atoms with Gasteiger partial charge in [-0.1, -0.05) is 49.2 Å². The van der Waals surface area contributed by atoms with E-state index in [9.17, 15) is 9.59 Å². The summed E-state index contributed by atoms with van der Waals surface area (Å²) in [6.45, 7) is 0. The first kappa shape index (κ1) is 21.1. The second-order valence-corrected chi connectivity index (χ2v) is 8.60. The van der Waals surface area contributed by atoms with Gasteiger partial charge in [0.2, 0.25) is 5.91 Å². The summed E-state index contributed by atoms with van der Waals surface area (Å²) >= 11 is 1.37. The van der Waals surface area contributed by atoms with Crippen molar-refractivity contribution in [1.29, 1.82) is 0 Å². The van der Waals surface area contributed by atoms with Gasteiger partial charge in [-0.05, 0) is 54.1 Å². The van der Waals surface area contributed by atoms with Crippen molar-refractivity contribution in [1.82, 2.24) is 5.32 Å². The summed E-state index contributed by atoms with van der Waals surface area (Å²) < 4.78 is 5.28. The van der Waals surface area contributed by atoms with E-state index >= 15 is 0 Å². The van der Waals surface area contributed by atoms with Gasteiger partial charge in [-0.3, -0.25) is 14.5 Å². The van der Waals surface area contributed by atoms with E-state index in [2.05, 4.69) is 5.32 Å². The SMILES string of the molecule is COc1ccc(N(C(=O)c2cccs2)C(C(=O)NC2CCCC2)c2ccccc2)cc1. The van der Waals surface area contributed by atoms with Crippen LogP contribution in [0.1, 0.15) is 47.0 Å². The lowest BCUT2D eigenvalue weighted by molar-refractivity contribution is -0.123. The Bertz CT molecular complexity index is 997. The van der Waals surface area contributed by atoms with Gasteiger partial charge in [0.25, 0.3) is 5.91 Å². The van der Waals surface area contributed by atoms with E-state index in [-0.39, 0.29) is 17.9 Å². The van der Waals surface area contributed by atoms with Gasteiger partial charge in [-0.25, -0.2) is 0 Å². The Morgan fingerprint density at radius 3 is 2.32 bits per heavy atom. The zero-order valence-corrected chi connectivity index (χ0v) is 18.3. The Morgan fingerprint density at radius 1 is 1.00 bits per heavy atom. The van der Waals surface area contributed by atoms with Crippen LogP contribution in [0.3, 0.4) is 0 Å². The molecule has 0 aliphatic heterocycles. The average Bonchev–Trinajstić information content (AvgIpc) is 3.52. The molecule has 2 aromatic carbocycles. The molecule has 0 spiro atoms. The molecule has 160 valence electrons. The van der Waals surface area contributed by atoms with Crippen LogP contribution in [-0.4, -0.2) is 25.0 Å². The maximum Gasteiger partial charge on any atom is 0.269 e. The van der Waals surface area contributed by atoms with Crippen molar-refractivity contribution in [2.24, 2.45) is 0 Å². The number of amides is 2. The fourth-order valence-electron chi connectivity index (χ4n) is 4.05. The molecule has 1 heterocycles. The number of hydrogen-bond donors (Lipinski definition) is 1. The van der Waals surface area contributed by atoms with E-state index in [1.54, 1.807) is 30.2 Å². The number of carbonyl (C=O) groups excluding carboxylic acids is 2. The standard InChI is InChI=1S/C25H26N2O3S/c1-30-21-15-13-20(14-16-21)27(25(29)22-12-7-17-31-22)23(18-8-3-2-4-9-18)24(28)26-19-10-5-6-11-19/h2-4,7-9,12-17,19,23H,5-6,10-11H2,1H3,(H,26,28). The monoisotopic (exact) mass is 434 g/mol. The van der Waals surface area contributed by atoms with Crippen LogP contribution in [-0.2, 0) is 4.79 Å². The number of methoxy groups -OCH3 is 1. The van der Waals surface area contributed by atoms with Gasteiger partial charge in [0.05, 0.1) is 12.0 Å². The average molecular weight is 435 g/mol. The summed E-state index contributed by atoms with van der Waals surface area (Å²) in [5.41, 5.74) is 1.42. The van der Waals surface area contributed by atoms with E-state index in [4.69, 9.17) is 4.74 Å². The molecule has 1 aliphatic carbocycles. The van der Waals surface area contributed by atoms with Crippen molar-refractivity contribution < 1.29 is 14.3 Å². The highest BCUT2D eigenvalue weighted by Gasteiger charge is 2.35. The minimum absolute atomic E-state index is 0.154. The molecule has 5 nitrogen and oxygen atoms in total. The number of carbonyl (C=O) groups is 2. The smallest absolute Gasteiger partial charge is 0.269 e. The van der Waals surface area contributed by atoms with Gasteiger partial charge >= 0.3 is 0 Å². The predicted molar refractivity (Wildman–Crippen MR) is 124 cm³/mol. The molecular weight excluding hydrogens is 408 g/mol. The van der Waals surface area contributed by atoms with E-state index in [1.807, 2.05) is 53.9 Å². The Labute approximate surface area is 186 Å². The van der Waals surface area contributed by atoms with Gasteiger partial charge in [0.15, 0.2) is 0 Å². The van der Waals surface area contributed by atoms with Gasteiger partial charge < -0.3 is 10.1 Å². The third-order valence-corrected chi connectivity index (χ3v) is 6.48. The van der Waals surface area contributed by atoms with Gasteiger partial charge in [0, 0.05) is 11.7 Å². The molecule has 3 aromatic rings. The van der Waals surface area contributed by atoms with Crippen LogP contribution in [0.2, 0.25) is 0 Å². The Morgan fingerprint density at radius 2 is 1.71 bits per heavy atom. The summed E-state index contributed by atoms with van der Waals surface area (Å²) in [6, 6.07) is 19.8. The first-order valence-corrected chi connectivity index (χ1v) is 11.4. The molecule has 4 rings (SSSR count). The summed E-state index contributed by atoms with van der Waals surface area (Å²) in [6.07, 6.45) is 4.21. The van der Waals surface area contributed by atoms with Crippen LogP contribution in [0.4, 0.5) is 5.69 Å². The first-order valence-electron chi connectivity index (χ1n) is 10.5. The Hall–Kier alpha value is -3.12. The quantitative estimate of drug-likeness (QED) is 0.556. The normalized spacial score (nSPS) is 14.7. The maximum atomic E-state index is 13.6. The lowest BCUT2D eigenvalue weighted by atomic mass is 10.0. The Kier molecular flexibility index (Phi) is 6.67. The van der Waals surface area contributed by atoms with E-state index in [0.717, 1.165) is 31.2 Å². The molecular formula is C25H26N2O3S. The molecule has 1 fully saturated rings. The van der Waals surface area contributed by atoms with Crippen LogP contribution >= 0.6 is 11.3 Å². The minimum atomic E-state index is -0.773. The van der Waals surface area contributed by atoms with Gasteiger partial charge in [0.1, 0.15) is 11.8 Å². The molecule has 0 saturated heterocycles. The van der Waals surface area contributed by atoms with Gasteiger partial charge in [-0.2, -0.15) is 0 Å². The van der Waals surface area contributed by atoms with Crippen molar-refractivity contribution in [3.63, 3.8) is 0 Å². The summed E-state index contributed by atoms with van der Waals surface area (Å²) in [7, 11) is 1.60. The minimum Gasteiger partial charge on any atom is -0.497 e. The molecule has 2 amide bonds. The number of anilines is 1. The largest absolute Gasteiger partial charge is 0.497 e. The van der Waals surface area contributed by atoms with E-state index < -0.39 is 6.04 Å². The fraction of sp³-hybridized carbons (Fsp3) is 0.280. The summed E-state index contributed by atoms with van der Waals surface area (Å²) in [4.78, 5) is 29.4. The molecule has 1 saturated carbocycles. The van der Waals surface area contributed by atoms with Gasteiger partial charge in [-0.15, -0.1) is 11.3 Å². The lowest BCUT2D eigenvalue weighted by Crippen LogP contribution is -2.46. The zero-order valence-electron chi connectivity index (χ0n) is 17.5. The molecule has 6 heteroatoms. The number of hydrogen-bond acceptors (Lipinski definition) is 4. The predicted octanol–water partition coefficient (Wildman–Crippen LogP) is 5.20. The molecule has 1 aromatic heterocycles. The number of rotatable bonds is 7. The number of benzene rings is 2. The molecule has 1 atom stereocenters. The lowest BCUT2D eigenvalue weighted by Gasteiger charge is -2.32. The van der Waals surface area contributed by atoms with Crippen LogP contribution in [0, 0.1) is 0 Å². The van der Waals surface area contributed by atoms with Crippen molar-refractivity contribution in [2.75, 3.05) is 12.0 Å². The fourth-order valence-corrected chi connectivity index (χ4v) is 4.71. The summed E-state index contributed by atoms with van der Waals surface area (Å²) in [5, 5.41) is 5.07. The third kappa shape index (κ3) is 4.80. The van der Waals surface area contributed by atoms with Crippen molar-refractivity contribution >= 4 is 28.8 Å². The molecule has 31 heavy (non-hydrogen) atoms. The highest BCUT2D eigenvalue weighted by atomic mass is 32.1. The van der Waals surface area contributed by atoms with Crippen LogP contribution in [0.15, 0.2) is 72.1 Å². The van der Waals surface area contributed by atoms with Crippen molar-refractivity contribution in [3.8, 4) is 5.75 Å². The van der Waals surface area contributed by atoms with E-state index in [1.165, 1.54) is 11.3 Å². The molecule has 0 bridgehead atoms. The van der Waals surface area contributed by atoms with Crippen molar-refractivity contribution in [3.05, 3.63) is 82.6 Å². The van der Waals surface area contributed by atoms with Crippen molar-refractivity contribution in [2.45, 2.75) is 37.8 Å². The molecule has 1 N–H and O–H groups in total. The second kappa shape index (κ2) is 9.79. The van der Waals surface area contributed by atoms with Crippen LogP contribution in [0.5, 0.6) is 5.75 Å². The maximum absolute atomic E-state index is 13.6. The zero-order chi connectivity index (χ0) is 21.6. The molecule has 0 radical (unpaired) electrons. The highest BCUT2D eigenvalue weighted by molar-refractivity contribution is 7.12. The number of nitrogens with zero attached hydrogens (tertiary/aromatic N) is 1. The Balaban J connectivity index is 1.77. The topological polar surface area (TPSA) is 58.6 Å². The first-order chi connectivity index (χ1) is 15.2. The highest BCUT2D eigenvalue weighted by Crippen LogP contribution is 2.32. The number of ether oxygens (including phenoxy) is 1. The molecule has 1 unspecified atom stereocenters. The van der Waals surface area contributed by atoms with Crippen LogP contribution < -0.4 is 15.0 Å².